The summed E-state index contributed by atoms with van der Waals surface area (Å²) in [5.74, 6) is 0. The Hall–Kier alpha value is 0.500. The number of hydrogen-bond acceptors (Lipinski definition) is 3. The molecule has 2 aromatic rings. The lowest BCUT2D eigenvalue weighted by atomic mass is 10.3. The molecule has 1 heterocycles. The van der Waals surface area contributed by atoms with Crippen molar-refractivity contribution in [2.24, 2.45) is 0 Å². The average Bonchev–Trinajstić information content (AvgIpc) is 2.36. The second-order valence-electron chi connectivity index (χ2n) is 2.02. The number of aromatic nitrogens is 2. The predicted octanol–water partition coefficient (Wildman–Crippen LogP) is 2.90. The minimum absolute atomic E-state index is 1.000. The quantitative estimate of drug-likeness (QED) is 0.649. The van der Waals surface area contributed by atoms with Crippen LogP contribution in [0.15, 0.2) is 12.1 Å². The van der Waals surface area contributed by atoms with Crippen LogP contribution in [0.4, 0.5) is 0 Å². The van der Waals surface area contributed by atoms with E-state index in [0.717, 1.165) is 11.0 Å². The molecule has 0 amide bonds. The van der Waals surface area contributed by atoms with Crippen LogP contribution in [0.2, 0.25) is 0 Å². The zero-order valence-corrected chi connectivity index (χ0v) is 10.3. The van der Waals surface area contributed by atoms with E-state index >= 15 is 0 Å². The maximum atomic E-state index is 4.14. The number of fused-ring (bicyclic) bond motifs is 1. The highest BCUT2D eigenvalue weighted by Crippen LogP contribution is 2.21. The zero-order valence-electron chi connectivity index (χ0n) is 5.21. The van der Waals surface area contributed by atoms with Crippen molar-refractivity contribution in [3.63, 3.8) is 0 Å². The summed E-state index contributed by atoms with van der Waals surface area (Å²) in [6.45, 7) is 0. The summed E-state index contributed by atoms with van der Waals surface area (Å²) in [7, 11) is 0. The van der Waals surface area contributed by atoms with Crippen LogP contribution in [0.1, 0.15) is 0 Å². The molecule has 0 aliphatic rings. The normalized spacial score (nSPS) is 10.7. The summed E-state index contributed by atoms with van der Waals surface area (Å²) in [5.41, 5.74) is 2.00. The molecule has 1 aromatic heterocycles. The van der Waals surface area contributed by atoms with Gasteiger partial charge in [-0.25, -0.2) is 0 Å². The van der Waals surface area contributed by atoms with E-state index in [4.69, 9.17) is 0 Å². The van der Waals surface area contributed by atoms with Crippen molar-refractivity contribution in [2.45, 2.75) is 0 Å². The predicted molar refractivity (Wildman–Crippen MR) is 62.8 cm³/mol. The van der Waals surface area contributed by atoms with Gasteiger partial charge < -0.3 is 0 Å². The molecule has 0 saturated carbocycles. The Morgan fingerprint density at radius 1 is 1.00 bits per heavy atom. The van der Waals surface area contributed by atoms with Crippen molar-refractivity contribution in [3.05, 3.63) is 19.3 Å². The number of nitrogens with zero attached hydrogens (tertiary/aromatic N) is 2. The molecule has 0 aliphatic heterocycles. The van der Waals surface area contributed by atoms with Crippen LogP contribution in [0, 0.1) is 7.14 Å². The van der Waals surface area contributed by atoms with Gasteiger partial charge in [0.15, 0.2) is 0 Å². The van der Waals surface area contributed by atoms with Gasteiger partial charge in [-0.1, -0.05) is 0 Å². The van der Waals surface area contributed by atoms with Gasteiger partial charge in [0.1, 0.15) is 11.0 Å². The highest BCUT2D eigenvalue weighted by Gasteiger charge is 2.02. The summed E-state index contributed by atoms with van der Waals surface area (Å²) in [6.07, 6.45) is 0. The van der Waals surface area contributed by atoms with Crippen molar-refractivity contribution in [1.29, 1.82) is 0 Å². The monoisotopic (exact) mass is 388 g/mol. The van der Waals surface area contributed by atoms with Crippen molar-refractivity contribution in [3.8, 4) is 0 Å². The third-order valence-electron chi connectivity index (χ3n) is 1.30. The molecular formula is C6H2I2N2S. The number of halogens is 2. The van der Waals surface area contributed by atoms with Crippen LogP contribution >= 0.6 is 56.9 Å². The largest absolute Gasteiger partial charge is 0.173 e. The lowest BCUT2D eigenvalue weighted by molar-refractivity contribution is 1.57. The molecule has 5 heteroatoms. The molecule has 0 N–H and O–H groups in total. The fourth-order valence-electron chi connectivity index (χ4n) is 0.780. The lowest BCUT2D eigenvalue weighted by Crippen LogP contribution is -1.78. The van der Waals surface area contributed by atoms with E-state index in [2.05, 4.69) is 66.1 Å². The fourth-order valence-corrected chi connectivity index (χ4v) is 2.19. The molecule has 0 spiro atoms. The molecule has 2 rings (SSSR count). The van der Waals surface area contributed by atoms with E-state index < -0.39 is 0 Å². The summed E-state index contributed by atoms with van der Waals surface area (Å²) < 4.78 is 10.8. The van der Waals surface area contributed by atoms with Crippen LogP contribution in [0.3, 0.4) is 0 Å². The first kappa shape index (κ1) is 8.11. The number of rotatable bonds is 0. The first-order valence-corrected chi connectivity index (χ1v) is 5.73. The van der Waals surface area contributed by atoms with E-state index in [9.17, 15) is 0 Å². The first-order chi connectivity index (χ1) is 5.27. The Balaban J connectivity index is 2.86. The average molecular weight is 388 g/mol. The van der Waals surface area contributed by atoms with E-state index in [1.54, 1.807) is 0 Å². The highest BCUT2D eigenvalue weighted by molar-refractivity contribution is 14.1. The van der Waals surface area contributed by atoms with E-state index in [1.807, 2.05) is 0 Å². The standard InChI is InChI=1S/C6H2I2N2S/c7-3-1-5-6(2-4(3)8)10-11-9-5/h1-2H. The summed E-state index contributed by atoms with van der Waals surface area (Å²) in [6, 6.07) is 4.11. The molecule has 0 radical (unpaired) electrons. The van der Waals surface area contributed by atoms with Crippen molar-refractivity contribution < 1.29 is 0 Å². The van der Waals surface area contributed by atoms with Crippen LogP contribution < -0.4 is 0 Å². The van der Waals surface area contributed by atoms with Gasteiger partial charge in [0.05, 0.1) is 11.7 Å². The Bertz CT molecular complexity index is 362. The van der Waals surface area contributed by atoms with Gasteiger partial charge in [-0.2, -0.15) is 8.75 Å². The third-order valence-corrected chi connectivity index (χ3v) is 4.67. The molecule has 0 unspecified atom stereocenters. The molecule has 1 aromatic carbocycles. The summed E-state index contributed by atoms with van der Waals surface area (Å²) in [4.78, 5) is 0. The van der Waals surface area contributed by atoms with Gasteiger partial charge in [-0.3, -0.25) is 0 Å². The molecule has 56 valence electrons. The first-order valence-electron chi connectivity index (χ1n) is 2.85. The Kier molecular flexibility index (Phi) is 2.28. The maximum absolute atomic E-state index is 4.14. The molecule has 0 bridgehead atoms. The minimum Gasteiger partial charge on any atom is -0.173 e. The van der Waals surface area contributed by atoms with Crippen molar-refractivity contribution >= 4 is 67.9 Å². The van der Waals surface area contributed by atoms with Crippen LogP contribution in [-0.4, -0.2) is 8.75 Å². The molecule has 0 fully saturated rings. The minimum atomic E-state index is 1.000. The molecule has 0 aliphatic carbocycles. The second kappa shape index (κ2) is 3.09. The van der Waals surface area contributed by atoms with E-state index in [0.29, 0.717) is 0 Å². The summed E-state index contributed by atoms with van der Waals surface area (Å²) in [5, 5.41) is 0. The van der Waals surface area contributed by atoms with Crippen LogP contribution in [0.25, 0.3) is 11.0 Å². The molecule has 0 atom stereocenters. The third kappa shape index (κ3) is 1.50. The van der Waals surface area contributed by atoms with Gasteiger partial charge in [-0.15, -0.1) is 0 Å². The van der Waals surface area contributed by atoms with E-state index in [-0.39, 0.29) is 0 Å². The molecule has 2 nitrogen and oxygen atoms in total. The number of hydrogen-bond donors (Lipinski definition) is 0. The van der Waals surface area contributed by atoms with E-state index in [1.165, 1.54) is 18.9 Å². The van der Waals surface area contributed by atoms with Gasteiger partial charge in [0, 0.05) is 7.14 Å². The maximum Gasteiger partial charge on any atom is 0.105 e. The number of benzene rings is 1. The molecular weight excluding hydrogens is 386 g/mol. The Morgan fingerprint density at radius 2 is 1.45 bits per heavy atom. The smallest absolute Gasteiger partial charge is 0.105 e. The summed E-state index contributed by atoms with van der Waals surface area (Å²) >= 11 is 5.86. The lowest BCUT2D eigenvalue weighted by Gasteiger charge is -1.92. The van der Waals surface area contributed by atoms with Crippen molar-refractivity contribution in [2.75, 3.05) is 0 Å². The Morgan fingerprint density at radius 3 is 1.91 bits per heavy atom. The second-order valence-corrected chi connectivity index (χ2v) is 4.87. The van der Waals surface area contributed by atoms with Gasteiger partial charge in [-0.05, 0) is 57.3 Å². The zero-order chi connectivity index (χ0) is 7.84. The van der Waals surface area contributed by atoms with Crippen LogP contribution in [-0.2, 0) is 0 Å². The Labute approximate surface area is 95.0 Å². The fraction of sp³-hybridized carbons (Fsp3) is 0. The molecule has 11 heavy (non-hydrogen) atoms. The van der Waals surface area contributed by atoms with Crippen molar-refractivity contribution in [1.82, 2.24) is 8.75 Å². The van der Waals surface area contributed by atoms with Gasteiger partial charge >= 0.3 is 0 Å². The molecule has 0 saturated heterocycles. The van der Waals surface area contributed by atoms with Gasteiger partial charge in [0.2, 0.25) is 0 Å². The topological polar surface area (TPSA) is 25.8 Å². The van der Waals surface area contributed by atoms with Crippen LogP contribution in [0.5, 0.6) is 0 Å². The SMILES string of the molecule is Ic1cc2nsnc2cc1I. The van der Waals surface area contributed by atoms with Gasteiger partial charge in [0.25, 0.3) is 0 Å². The highest BCUT2D eigenvalue weighted by atomic mass is 127.